The van der Waals surface area contributed by atoms with Crippen molar-refractivity contribution in [2.24, 2.45) is 0 Å². The molecule has 0 aliphatic carbocycles. The molecule has 0 aromatic carbocycles. The van der Waals surface area contributed by atoms with Crippen LogP contribution in [0.5, 0.6) is 0 Å². The number of carbonyl (C=O) groups is 3. The molecular weight excluding hydrogens is 281 g/mol. The Kier molecular flexibility index (Phi) is 7.01. The fourth-order valence-corrected chi connectivity index (χ4v) is 1.30. The van der Waals surface area contributed by atoms with E-state index in [9.17, 15) is 27.6 Å². The summed E-state index contributed by atoms with van der Waals surface area (Å²) in [5, 5.41) is 8.40. The summed E-state index contributed by atoms with van der Waals surface area (Å²) in [6.45, 7) is -2.21. The molecule has 0 heterocycles. The second-order valence-electron chi connectivity index (χ2n) is 4.40. The maximum absolute atomic E-state index is 12.4. The largest absolute Gasteiger partial charge is 0.481 e. The van der Waals surface area contributed by atoms with Crippen molar-refractivity contribution in [2.75, 3.05) is 27.2 Å². The summed E-state index contributed by atoms with van der Waals surface area (Å²) in [5.41, 5.74) is 0. The predicted molar refractivity (Wildman–Crippen MR) is 62.8 cm³/mol. The van der Waals surface area contributed by atoms with Crippen LogP contribution in [0.1, 0.15) is 19.3 Å². The summed E-state index contributed by atoms with van der Waals surface area (Å²) in [4.78, 5) is 34.8. The molecule has 2 amide bonds. The highest BCUT2D eigenvalue weighted by Crippen LogP contribution is 2.17. The number of rotatable bonds is 7. The van der Waals surface area contributed by atoms with Gasteiger partial charge >= 0.3 is 12.1 Å². The van der Waals surface area contributed by atoms with Crippen LogP contribution in [0.25, 0.3) is 0 Å². The maximum Gasteiger partial charge on any atom is 0.406 e. The molecule has 0 fully saturated rings. The SMILES string of the molecule is CN(C)C(=O)CN(CC(F)(F)F)C(=O)CCCC(=O)O. The van der Waals surface area contributed by atoms with Gasteiger partial charge in [0, 0.05) is 26.9 Å². The molecule has 0 bridgehead atoms. The fraction of sp³-hybridized carbons (Fsp3) is 0.727. The number of hydrogen-bond donors (Lipinski definition) is 1. The number of likely N-dealkylation sites (N-methyl/N-ethyl adjacent to an activating group) is 1. The first-order valence-electron chi connectivity index (χ1n) is 5.79. The van der Waals surface area contributed by atoms with Gasteiger partial charge in [0.05, 0.1) is 0 Å². The zero-order chi connectivity index (χ0) is 15.9. The molecule has 0 saturated carbocycles. The average molecular weight is 298 g/mol. The van der Waals surface area contributed by atoms with Crippen LogP contribution < -0.4 is 0 Å². The number of aliphatic carboxylic acids is 1. The lowest BCUT2D eigenvalue weighted by atomic mass is 10.2. The van der Waals surface area contributed by atoms with Crippen LogP contribution >= 0.6 is 0 Å². The van der Waals surface area contributed by atoms with Crippen LogP contribution in [-0.2, 0) is 14.4 Å². The first-order valence-corrected chi connectivity index (χ1v) is 5.79. The van der Waals surface area contributed by atoms with Gasteiger partial charge in [-0.15, -0.1) is 0 Å². The standard InChI is InChI=1S/C11H17F3N2O4/c1-15(2)9(18)6-16(7-11(12,13)14)8(17)4-3-5-10(19)20/h3-7H2,1-2H3,(H,19,20). The molecule has 116 valence electrons. The lowest BCUT2D eigenvalue weighted by Crippen LogP contribution is -2.44. The van der Waals surface area contributed by atoms with Crippen molar-refractivity contribution >= 4 is 17.8 Å². The van der Waals surface area contributed by atoms with Crippen molar-refractivity contribution in [3.63, 3.8) is 0 Å². The molecule has 0 aromatic rings. The molecule has 0 aliphatic heterocycles. The molecule has 0 aromatic heterocycles. The number of carboxylic acids is 1. The molecule has 6 nitrogen and oxygen atoms in total. The third-order valence-corrected chi connectivity index (χ3v) is 2.33. The van der Waals surface area contributed by atoms with E-state index in [2.05, 4.69) is 0 Å². The van der Waals surface area contributed by atoms with E-state index in [0.29, 0.717) is 4.90 Å². The first-order chi connectivity index (χ1) is 9.03. The van der Waals surface area contributed by atoms with E-state index in [1.165, 1.54) is 14.1 Å². The normalized spacial score (nSPS) is 11.1. The summed E-state index contributed by atoms with van der Waals surface area (Å²) in [6.07, 6.45) is -5.34. The Labute approximate surface area is 114 Å². The van der Waals surface area contributed by atoms with E-state index in [-0.39, 0.29) is 19.3 Å². The molecule has 1 N–H and O–H groups in total. The van der Waals surface area contributed by atoms with E-state index < -0.39 is 37.0 Å². The Morgan fingerprint density at radius 1 is 1.05 bits per heavy atom. The fourth-order valence-electron chi connectivity index (χ4n) is 1.30. The van der Waals surface area contributed by atoms with Gasteiger partial charge in [0.2, 0.25) is 11.8 Å². The average Bonchev–Trinajstić information content (AvgIpc) is 2.25. The highest BCUT2D eigenvalue weighted by molar-refractivity contribution is 5.84. The lowest BCUT2D eigenvalue weighted by Gasteiger charge is -2.24. The van der Waals surface area contributed by atoms with E-state index in [1.807, 2.05) is 0 Å². The molecule has 0 unspecified atom stereocenters. The van der Waals surface area contributed by atoms with Crippen LogP contribution in [0.2, 0.25) is 0 Å². The van der Waals surface area contributed by atoms with Gasteiger partial charge in [-0.1, -0.05) is 0 Å². The molecule has 9 heteroatoms. The summed E-state index contributed by atoms with van der Waals surface area (Å²) < 4.78 is 37.1. The van der Waals surface area contributed by atoms with Crippen molar-refractivity contribution in [3.8, 4) is 0 Å². The van der Waals surface area contributed by atoms with Gasteiger partial charge in [-0.3, -0.25) is 14.4 Å². The van der Waals surface area contributed by atoms with Gasteiger partial charge in [0.15, 0.2) is 0 Å². The van der Waals surface area contributed by atoms with E-state index >= 15 is 0 Å². The topological polar surface area (TPSA) is 77.9 Å². The van der Waals surface area contributed by atoms with Gasteiger partial charge in [-0.2, -0.15) is 13.2 Å². The quantitative estimate of drug-likeness (QED) is 0.751. The maximum atomic E-state index is 12.4. The monoisotopic (exact) mass is 298 g/mol. The lowest BCUT2D eigenvalue weighted by molar-refractivity contribution is -0.164. The number of amides is 2. The van der Waals surface area contributed by atoms with Crippen LogP contribution in [-0.4, -0.2) is 66.1 Å². The van der Waals surface area contributed by atoms with Crippen LogP contribution in [0, 0.1) is 0 Å². The van der Waals surface area contributed by atoms with Crippen molar-refractivity contribution < 1.29 is 32.7 Å². The smallest absolute Gasteiger partial charge is 0.406 e. The molecule has 0 saturated heterocycles. The molecule has 0 rings (SSSR count). The van der Waals surface area contributed by atoms with Crippen LogP contribution in [0.15, 0.2) is 0 Å². The number of halogens is 3. The Hall–Kier alpha value is -1.80. The van der Waals surface area contributed by atoms with Crippen LogP contribution in [0.3, 0.4) is 0 Å². The minimum absolute atomic E-state index is 0.0708. The highest BCUT2D eigenvalue weighted by atomic mass is 19.4. The van der Waals surface area contributed by atoms with Gasteiger partial charge in [0.25, 0.3) is 0 Å². The van der Waals surface area contributed by atoms with Crippen LogP contribution in [0.4, 0.5) is 13.2 Å². The molecule has 0 atom stereocenters. The van der Waals surface area contributed by atoms with Gasteiger partial charge in [0.1, 0.15) is 13.1 Å². The molecule has 0 aliphatic rings. The molecule has 0 radical (unpaired) electrons. The van der Waals surface area contributed by atoms with E-state index in [1.54, 1.807) is 0 Å². The number of carboxylic acid groups (broad SMARTS) is 1. The van der Waals surface area contributed by atoms with E-state index in [0.717, 1.165) is 4.90 Å². The van der Waals surface area contributed by atoms with Crippen molar-refractivity contribution in [1.29, 1.82) is 0 Å². The third-order valence-electron chi connectivity index (χ3n) is 2.33. The Morgan fingerprint density at radius 2 is 1.60 bits per heavy atom. The summed E-state index contributed by atoms with van der Waals surface area (Å²) in [6, 6.07) is 0. The second-order valence-corrected chi connectivity index (χ2v) is 4.40. The number of carbonyl (C=O) groups excluding carboxylic acids is 2. The number of alkyl halides is 3. The Balaban J connectivity index is 4.62. The van der Waals surface area contributed by atoms with Crippen molar-refractivity contribution in [2.45, 2.75) is 25.4 Å². The summed E-state index contributed by atoms with van der Waals surface area (Å²) in [5.74, 6) is -2.66. The zero-order valence-electron chi connectivity index (χ0n) is 11.2. The number of hydrogen-bond acceptors (Lipinski definition) is 3. The second kappa shape index (κ2) is 7.71. The molecular formula is C11H17F3N2O4. The zero-order valence-corrected chi connectivity index (χ0v) is 11.2. The molecule has 0 spiro atoms. The van der Waals surface area contributed by atoms with E-state index in [4.69, 9.17) is 5.11 Å². The van der Waals surface area contributed by atoms with Crippen molar-refractivity contribution in [1.82, 2.24) is 9.80 Å². The van der Waals surface area contributed by atoms with Crippen molar-refractivity contribution in [3.05, 3.63) is 0 Å². The third kappa shape index (κ3) is 8.33. The number of nitrogens with zero attached hydrogens (tertiary/aromatic N) is 2. The minimum Gasteiger partial charge on any atom is -0.481 e. The summed E-state index contributed by atoms with van der Waals surface area (Å²) >= 11 is 0. The Bertz CT molecular complexity index is 369. The minimum atomic E-state index is -4.62. The highest BCUT2D eigenvalue weighted by Gasteiger charge is 2.33. The van der Waals surface area contributed by atoms with Gasteiger partial charge in [-0.05, 0) is 6.42 Å². The Morgan fingerprint density at radius 3 is 2.00 bits per heavy atom. The molecule has 20 heavy (non-hydrogen) atoms. The predicted octanol–water partition coefficient (Wildman–Crippen LogP) is 0.720. The summed E-state index contributed by atoms with van der Waals surface area (Å²) in [7, 11) is 2.73. The van der Waals surface area contributed by atoms with Gasteiger partial charge < -0.3 is 14.9 Å². The van der Waals surface area contributed by atoms with Gasteiger partial charge in [-0.25, -0.2) is 0 Å². The first kappa shape index (κ1) is 18.2.